The van der Waals surface area contributed by atoms with Crippen LogP contribution in [0.1, 0.15) is 44.8 Å². The molecular formula is C13H19NO2. The van der Waals surface area contributed by atoms with Gasteiger partial charge in [0.1, 0.15) is 5.76 Å². The van der Waals surface area contributed by atoms with E-state index in [1.54, 1.807) is 6.26 Å². The SMILES string of the molecule is CC1(C(=O)NCc2ccco2)CCCCC1. The van der Waals surface area contributed by atoms with Crippen molar-refractivity contribution in [3.63, 3.8) is 0 Å². The number of carbonyl (C=O) groups excluding carboxylic acids is 1. The van der Waals surface area contributed by atoms with Crippen LogP contribution in [0.5, 0.6) is 0 Å². The first kappa shape index (κ1) is 11.2. The lowest BCUT2D eigenvalue weighted by Crippen LogP contribution is -2.39. The highest BCUT2D eigenvalue weighted by molar-refractivity contribution is 5.82. The minimum absolute atomic E-state index is 0.162. The van der Waals surface area contributed by atoms with E-state index in [2.05, 4.69) is 12.2 Å². The molecule has 1 amide bonds. The Bertz CT molecular complexity index is 337. The van der Waals surface area contributed by atoms with Crippen LogP contribution in [-0.4, -0.2) is 5.91 Å². The predicted molar refractivity (Wildman–Crippen MR) is 61.7 cm³/mol. The quantitative estimate of drug-likeness (QED) is 0.852. The van der Waals surface area contributed by atoms with Gasteiger partial charge in [0, 0.05) is 5.41 Å². The summed E-state index contributed by atoms with van der Waals surface area (Å²) < 4.78 is 5.19. The molecule has 0 radical (unpaired) electrons. The third-order valence-corrected chi connectivity index (χ3v) is 3.51. The highest BCUT2D eigenvalue weighted by Gasteiger charge is 2.34. The normalized spacial score (nSPS) is 19.3. The fourth-order valence-corrected chi connectivity index (χ4v) is 2.35. The summed E-state index contributed by atoms with van der Waals surface area (Å²) in [5.74, 6) is 0.983. The largest absolute Gasteiger partial charge is 0.467 e. The van der Waals surface area contributed by atoms with E-state index >= 15 is 0 Å². The molecule has 1 aromatic heterocycles. The molecule has 0 saturated heterocycles. The van der Waals surface area contributed by atoms with Crippen LogP contribution in [-0.2, 0) is 11.3 Å². The summed E-state index contributed by atoms with van der Waals surface area (Å²) >= 11 is 0. The Kier molecular flexibility index (Phi) is 3.32. The Morgan fingerprint density at radius 2 is 2.19 bits per heavy atom. The van der Waals surface area contributed by atoms with Crippen molar-refractivity contribution < 1.29 is 9.21 Å². The molecule has 3 nitrogen and oxygen atoms in total. The van der Waals surface area contributed by atoms with Crippen molar-refractivity contribution in [3.8, 4) is 0 Å². The van der Waals surface area contributed by atoms with Gasteiger partial charge in [0.2, 0.25) is 5.91 Å². The lowest BCUT2D eigenvalue weighted by Gasteiger charge is -2.31. The lowest BCUT2D eigenvalue weighted by atomic mass is 9.75. The molecule has 2 rings (SSSR count). The zero-order chi connectivity index (χ0) is 11.4. The molecule has 3 heteroatoms. The Morgan fingerprint density at radius 3 is 2.81 bits per heavy atom. The first-order chi connectivity index (χ1) is 7.71. The topological polar surface area (TPSA) is 42.2 Å². The molecule has 0 bridgehead atoms. The highest BCUT2D eigenvalue weighted by atomic mass is 16.3. The van der Waals surface area contributed by atoms with Gasteiger partial charge in [-0.15, -0.1) is 0 Å². The second-order valence-corrected chi connectivity index (χ2v) is 4.88. The molecule has 1 aliphatic rings. The molecule has 0 atom stereocenters. The van der Waals surface area contributed by atoms with Crippen molar-refractivity contribution >= 4 is 5.91 Å². The molecule has 1 aromatic rings. The number of rotatable bonds is 3. The molecular weight excluding hydrogens is 202 g/mol. The maximum Gasteiger partial charge on any atom is 0.226 e. The van der Waals surface area contributed by atoms with E-state index in [0.717, 1.165) is 18.6 Å². The van der Waals surface area contributed by atoms with E-state index in [4.69, 9.17) is 4.42 Å². The summed E-state index contributed by atoms with van der Waals surface area (Å²) in [4.78, 5) is 12.1. The van der Waals surface area contributed by atoms with Crippen LogP contribution in [0.2, 0.25) is 0 Å². The van der Waals surface area contributed by atoms with Gasteiger partial charge in [-0.1, -0.05) is 26.2 Å². The number of carbonyl (C=O) groups is 1. The predicted octanol–water partition coefficient (Wildman–Crippen LogP) is 2.87. The number of furan rings is 1. The maximum absolute atomic E-state index is 12.1. The Hall–Kier alpha value is -1.25. The van der Waals surface area contributed by atoms with Crippen molar-refractivity contribution in [1.82, 2.24) is 5.32 Å². The third-order valence-electron chi connectivity index (χ3n) is 3.51. The van der Waals surface area contributed by atoms with Crippen molar-refractivity contribution in [2.75, 3.05) is 0 Å². The molecule has 16 heavy (non-hydrogen) atoms. The molecule has 0 aliphatic heterocycles. The van der Waals surface area contributed by atoms with Gasteiger partial charge >= 0.3 is 0 Å². The number of hydrogen-bond donors (Lipinski definition) is 1. The first-order valence-electron chi connectivity index (χ1n) is 6.01. The second kappa shape index (κ2) is 4.73. The number of hydrogen-bond acceptors (Lipinski definition) is 2. The molecule has 0 unspecified atom stereocenters. The van der Waals surface area contributed by atoms with Crippen molar-refractivity contribution in [2.24, 2.45) is 5.41 Å². The van der Waals surface area contributed by atoms with Gasteiger partial charge < -0.3 is 9.73 Å². The Balaban J connectivity index is 1.87. The smallest absolute Gasteiger partial charge is 0.226 e. The van der Waals surface area contributed by atoms with Crippen LogP contribution in [0.15, 0.2) is 22.8 Å². The van der Waals surface area contributed by atoms with E-state index in [1.807, 2.05) is 12.1 Å². The van der Waals surface area contributed by atoms with E-state index in [-0.39, 0.29) is 11.3 Å². The van der Waals surface area contributed by atoms with E-state index < -0.39 is 0 Å². The minimum Gasteiger partial charge on any atom is -0.467 e. The highest BCUT2D eigenvalue weighted by Crippen LogP contribution is 2.35. The van der Waals surface area contributed by atoms with E-state index in [1.165, 1.54) is 19.3 Å². The van der Waals surface area contributed by atoms with Gasteiger partial charge in [-0.3, -0.25) is 4.79 Å². The Labute approximate surface area is 96.2 Å². The van der Waals surface area contributed by atoms with Gasteiger partial charge in [-0.25, -0.2) is 0 Å². The Morgan fingerprint density at radius 1 is 1.44 bits per heavy atom. The summed E-state index contributed by atoms with van der Waals surface area (Å²) in [5.41, 5.74) is -0.162. The van der Waals surface area contributed by atoms with Gasteiger partial charge in [0.05, 0.1) is 12.8 Å². The maximum atomic E-state index is 12.1. The summed E-state index contributed by atoms with van der Waals surface area (Å²) in [7, 11) is 0. The summed E-state index contributed by atoms with van der Waals surface area (Å²) in [6.45, 7) is 2.57. The third kappa shape index (κ3) is 2.46. The minimum atomic E-state index is -0.162. The van der Waals surface area contributed by atoms with Crippen LogP contribution in [0.4, 0.5) is 0 Å². The first-order valence-corrected chi connectivity index (χ1v) is 6.01. The average molecular weight is 221 g/mol. The lowest BCUT2D eigenvalue weighted by molar-refractivity contribution is -0.132. The molecule has 0 spiro atoms. The molecule has 1 fully saturated rings. The molecule has 1 N–H and O–H groups in total. The fourth-order valence-electron chi connectivity index (χ4n) is 2.35. The molecule has 88 valence electrons. The molecule has 1 heterocycles. The average Bonchev–Trinajstić information content (AvgIpc) is 2.79. The summed E-state index contributed by atoms with van der Waals surface area (Å²) in [5, 5.41) is 2.96. The second-order valence-electron chi connectivity index (χ2n) is 4.88. The monoisotopic (exact) mass is 221 g/mol. The van der Waals surface area contributed by atoms with Crippen LogP contribution in [0, 0.1) is 5.41 Å². The van der Waals surface area contributed by atoms with Crippen molar-refractivity contribution in [3.05, 3.63) is 24.2 Å². The van der Waals surface area contributed by atoms with Crippen LogP contribution in [0.3, 0.4) is 0 Å². The molecule has 0 aromatic carbocycles. The van der Waals surface area contributed by atoms with Gasteiger partial charge in [-0.05, 0) is 25.0 Å². The van der Waals surface area contributed by atoms with Crippen molar-refractivity contribution in [2.45, 2.75) is 45.6 Å². The van der Waals surface area contributed by atoms with E-state index in [0.29, 0.717) is 6.54 Å². The van der Waals surface area contributed by atoms with Crippen LogP contribution >= 0.6 is 0 Å². The molecule has 1 aliphatic carbocycles. The van der Waals surface area contributed by atoms with Gasteiger partial charge in [-0.2, -0.15) is 0 Å². The molecule has 1 saturated carbocycles. The van der Waals surface area contributed by atoms with E-state index in [9.17, 15) is 4.79 Å². The fraction of sp³-hybridized carbons (Fsp3) is 0.615. The number of amides is 1. The summed E-state index contributed by atoms with van der Waals surface area (Å²) in [6, 6.07) is 3.72. The van der Waals surface area contributed by atoms with Crippen LogP contribution < -0.4 is 5.32 Å². The summed E-state index contributed by atoms with van der Waals surface area (Å²) in [6.07, 6.45) is 7.26. The zero-order valence-corrected chi connectivity index (χ0v) is 9.79. The van der Waals surface area contributed by atoms with Gasteiger partial charge in [0.25, 0.3) is 0 Å². The van der Waals surface area contributed by atoms with Crippen molar-refractivity contribution in [1.29, 1.82) is 0 Å². The zero-order valence-electron chi connectivity index (χ0n) is 9.79. The number of nitrogens with one attached hydrogen (secondary N) is 1. The van der Waals surface area contributed by atoms with Gasteiger partial charge in [0.15, 0.2) is 0 Å². The van der Waals surface area contributed by atoms with Crippen LogP contribution in [0.25, 0.3) is 0 Å². The standard InChI is InChI=1S/C13H19NO2/c1-13(7-3-2-4-8-13)12(15)14-10-11-6-5-9-16-11/h5-6,9H,2-4,7-8,10H2,1H3,(H,14,15).